The van der Waals surface area contributed by atoms with E-state index in [-0.39, 0.29) is 0 Å². The minimum atomic E-state index is 1.12. The van der Waals surface area contributed by atoms with E-state index in [0.29, 0.717) is 0 Å². The monoisotopic (exact) mass is 510 g/mol. The van der Waals surface area contributed by atoms with E-state index in [4.69, 9.17) is 0 Å². The molecule has 0 aliphatic carbocycles. The molecule has 4 nitrogen and oxygen atoms in total. The van der Waals surface area contributed by atoms with Crippen molar-refractivity contribution in [2.45, 2.75) is 0 Å². The summed E-state index contributed by atoms with van der Waals surface area (Å²) in [6.45, 7) is 0. The lowest BCUT2D eigenvalue weighted by Crippen LogP contribution is -1.95. The lowest BCUT2D eigenvalue weighted by molar-refractivity contribution is 1.17. The molecule has 186 valence electrons. The Morgan fingerprint density at radius 3 is 1.32 bits per heavy atom. The summed E-state index contributed by atoms with van der Waals surface area (Å²) in [5.41, 5.74) is 6.90. The molecule has 0 saturated carbocycles. The molecule has 0 unspecified atom stereocenters. The Balaban J connectivity index is 1.24. The van der Waals surface area contributed by atoms with Gasteiger partial charge in [-0.3, -0.25) is 9.97 Å². The third-order valence-corrected chi connectivity index (χ3v) is 8.23. The Kier molecular flexibility index (Phi) is 4.30. The van der Waals surface area contributed by atoms with Crippen molar-refractivity contribution >= 4 is 65.2 Å². The standard InChI is InChI=1S/C36H22N4/c1-3-7-33-29(5-1)31-13-15-37-21-35(31)39(33)27-11-9-23-18-26-20-28(12-10-24(26)17-25(23)19-27)40-34-8-4-2-6-30(34)32-14-16-38-22-36(32)40/h1-22H. The molecule has 0 aliphatic rings. The number of para-hydroxylation sites is 2. The van der Waals surface area contributed by atoms with E-state index in [9.17, 15) is 0 Å². The van der Waals surface area contributed by atoms with E-state index >= 15 is 0 Å². The summed E-state index contributed by atoms with van der Waals surface area (Å²) < 4.78 is 4.64. The van der Waals surface area contributed by atoms with E-state index in [0.717, 1.165) is 22.4 Å². The summed E-state index contributed by atoms with van der Waals surface area (Å²) in [5, 5.41) is 9.79. The van der Waals surface area contributed by atoms with Crippen molar-refractivity contribution in [2.24, 2.45) is 0 Å². The van der Waals surface area contributed by atoms with Gasteiger partial charge in [-0.15, -0.1) is 0 Å². The fourth-order valence-corrected chi connectivity index (χ4v) is 6.44. The molecule has 0 amide bonds. The van der Waals surface area contributed by atoms with Gasteiger partial charge in [0.1, 0.15) is 0 Å². The molecule has 4 heterocycles. The zero-order valence-corrected chi connectivity index (χ0v) is 21.5. The maximum Gasteiger partial charge on any atom is 0.0724 e. The molecule has 9 aromatic rings. The van der Waals surface area contributed by atoms with Gasteiger partial charge in [0.25, 0.3) is 0 Å². The number of pyridine rings is 2. The first-order valence-electron chi connectivity index (χ1n) is 13.5. The predicted octanol–water partition coefficient (Wildman–Crippen LogP) is 8.98. The molecule has 0 N–H and O–H groups in total. The van der Waals surface area contributed by atoms with Crippen molar-refractivity contribution in [2.75, 3.05) is 0 Å². The van der Waals surface area contributed by atoms with Crippen LogP contribution in [0.15, 0.2) is 134 Å². The molecular weight excluding hydrogens is 488 g/mol. The molecule has 0 atom stereocenters. The van der Waals surface area contributed by atoms with Crippen molar-refractivity contribution in [1.29, 1.82) is 0 Å². The van der Waals surface area contributed by atoms with Gasteiger partial charge in [0.05, 0.1) is 34.5 Å². The van der Waals surface area contributed by atoms with Crippen LogP contribution in [0, 0.1) is 0 Å². The molecule has 0 saturated heterocycles. The zero-order chi connectivity index (χ0) is 26.2. The second kappa shape index (κ2) is 8.01. The quantitative estimate of drug-likeness (QED) is 0.218. The van der Waals surface area contributed by atoms with Gasteiger partial charge in [0.2, 0.25) is 0 Å². The van der Waals surface area contributed by atoms with Gasteiger partial charge < -0.3 is 9.13 Å². The first kappa shape index (κ1) is 21.5. The van der Waals surface area contributed by atoms with E-state index in [2.05, 4.69) is 128 Å². The Bertz CT molecular complexity index is 2160. The minimum Gasteiger partial charge on any atom is -0.308 e. The summed E-state index contributed by atoms with van der Waals surface area (Å²) in [5.74, 6) is 0. The fraction of sp³-hybridized carbons (Fsp3) is 0. The predicted molar refractivity (Wildman–Crippen MR) is 166 cm³/mol. The van der Waals surface area contributed by atoms with Gasteiger partial charge in [-0.2, -0.15) is 0 Å². The topological polar surface area (TPSA) is 35.6 Å². The first-order chi connectivity index (χ1) is 19.8. The van der Waals surface area contributed by atoms with Gasteiger partial charge in [-0.05, 0) is 82.2 Å². The van der Waals surface area contributed by atoms with Crippen LogP contribution in [-0.2, 0) is 0 Å². The highest BCUT2D eigenvalue weighted by molar-refractivity contribution is 6.10. The van der Waals surface area contributed by atoms with Crippen molar-refractivity contribution in [1.82, 2.24) is 19.1 Å². The van der Waals surface area contributed by atoms with Gasteiger partial charge in [0, 0.05) is 45.3 Å². The molecule has 0 spiro atoms. The molecule has 4 heteroatoms. The molecule has 0 fully saturated rings. The third-order valence-electron chi connectivity index (χ3n) is 8.23. The molecule has 0 radical (unpaired) electrons. The number of benzene rings is 5. The van der Waals surface area contributed by atoms with Crippen molar-refractivity contribution in [3.05, 3.63) is 134 Å². The molecule has 0 aliphatic heterocycles. The summed E-state index contributed by atoms with van der Waals surface area (Å²) in [6, 6.07) is 39.5. The van der Waals surface area contributed by atoms with Gasteiger partial charge in [0.15, 0.2) is 0 Å². The number of hydrogen-bond donors (Lipinski definition) is 0. The largest absolute Gasteiger partial charge is 0.308 e. The molecule has 4 aromatic heterocycles. The van der Waals surface area contributed by atoms with Crippen LogP contribution in [-0.4, -0.2) is 19.1 Å². The Morgan fingerprint density at radius 2 is 0.825 bits per heavy atom. The summed E-state index contributed by atoms with van der Waals surface area (Å²) in [7, 11) is 0. The average Bonchev–Trinajstić information content (AvgIpc) is 3.53. The smallest absolute Gasteiger partial charge is 0.0724 e. The SMILES string of the molecule is c1ccc2c(c1)c1ccncc1n2-c1ccc2cc3cc(-n4c5ccccc5c5ccncc54)ccc3cc2c1. The second-order valence-corrected chi connectivity index (χ2v) is 10.4. The summed E-state index contributed by atoms with van der Waals surface area (Å²) in [4.78, 5) is 8.88. The van der Waals surface area contributed by atoms with Crippen LogP contribution >= 0.6 is 0 Å². The highest BCUT2D eigenvalue weighted by Gasteiger charge is 2.14. The summed E-state index contributed by atoms with van der Waals surface area (Å²) >= 11 is 0. The number of aromatic nitrogens is 4. The van der Waals surface area contributed by atoms with Gasteiger partial charge >= 0.3 is 0 Å². The third kappa shape index (κ3) is 2.96. The van der Waals surface area contributed by atoms with Crippen LogP contribution in [0.1, 0.15) is 0 Å². The molecule has 40 heavy (non-hydrogen) atoms. The van der Waals surface area contributed by atoms with Gasteiger partial charge in [-0.1, -0.05) is 48.5 Å². The van der Waals surface area contributed by atoms with Crippen molar-refractivity contribution < 1.29 is 0 Å². The number of hydrogen-bond acceptors (Lipinski definition) is 2. The van der Waals surface area contributed by atoms with E-state index < -0.39 is 0 Å². The van der Waals surface area contributed by atoms with Crippen LogP contribution in [0.2, 0.25) is 0 Å². The molecule has 5 aromatic carbocycles. The molecular formula is C36H22N4. The highest BCUT2D eigenvalue weighted by Crippen LogP contribution is 2.35. The maximum atomic E-state index is 4.44. The van der Waals surface area contributed by atoms with Crippen LogP contribution in [0.5, 0.6) is 0 Å². The highest BCUT2D eigenvalue weighted by atomic mass is 15.0. The Hall–Kier alpha value is -5.48. The lowest BCUT2D eigenvalue weighted by Gasteiger charge is -2.12. The first-order valence-corrected chi connectivity index (χ1v) is 13.5. The maximum absolute atomic E-state index is 4.44. The normalized spacial score (nSPS) is 12.0. The fourth-order valence-electron chi connectivity index (χ4n) is 6.44. The summed E-state index contributed by atoms with van der Waals surface area (Å²) in [6.07, 6.45) is 7.67. The van der Waals surface area contributed by atoms with Crippen molar-refractivity contribution in [3.63, 3.8) is 0 Å². The molecule has 0 bridgehead atoms. The average molecular weight is 511 g/mol. The lowest BCUT2D eigenvalue weighted by atomic mass is 10.0. The van der Waals surface area contributed by atoms with Crippen LogP contribution in [0.3, 0.4) is 0 Å². The molecule has 9 rings (SSSR count). The second-order valence-electron chi connectivity index (χ2n) is 10.4. The van der Waals surface area contributed by atoms with Crippen LogP contribution in [0.4, 0.5) is 0 Å². The minimum absolute atomic E-state index is 1.12. The van der Waals surface area contributed by atoms with Crippen LogP contribution in [0.25, 0.3) is 76.5 Å². The number of rotatable bonds is 2. The van der Waals surface area contributed by atoms with E-state index in [1.165, 1.54) is 54.1 Å². The van der Waals surface area contributed by atoms with Crippen LogP contribution < -0.4 is 0 Å². The Labute approximate surface area is 229 Å². The van der Waals surface area contributed by atoms with E-state index in [1.807, 2.05) is 24.8 Å². The van der Waals surface area contributed by atoms with E-state index in [1.54, 1.807) is 0 Å². The van der Waals surface area contributed by atoms with Crippen molar-refractivity contribution in [3.8, 4) is 11.4 Å². The Morgan fingerprint density at radius 1 is 0.375 bits per heavy atom. The number of fused-ring (bicyclic) bond motifs is 8. The zero-order valence-electron chi connectivity index (χ0n) is 21.5. The van der Waals surface area contributed by atoms with Gasteiger partial charge in [-0.25, -0.2) is 0 Å². The number of nitrogens with zero attached hydrogens (tertiary/aromatic N) is 4.